The number of aryl methyl sites for hydroxylation is 1. The Hall–Kier alpha value is -1.07. The molecule has 2 rings (SSSR count). The Labute approximate surface area is 111 Å². The second-order valence-electron chi connectivity index (χ2n) is 4.90. The number of nitrogens with zero attached hydrogens (tertiary/aromatic N) is 1. The van der Waals surface area contributed by atoms with E-state index in [4.69, 9.17) is 0 Å². The van der Waals surface area contributed by atoms with Gasteiger partial charge in [0, 0.05) is 25.7 Å². The summed E-state index contributed by atoms with van der Waals surface area (Å²) in [5.74, 6) is 0. The van der Waals surface area contributed by atoms with E-state index in [1.165, 1.54) is 10.5 Å². The molecule has 1 atom stereocenters. The van der Waals surface area contributed by atoms with Crippen molar-refractivity contribution in [3.8, 4) is 0 Å². The second kappa shape index (κ2) is 5.92. The lowest BCUT2D eigenvalue weighted by Crippen LogP contribution is -2.49. The van der Waals surface area contributed by atoms with Gasteiger partial charge in [0.1, 0.15) is 0 Å². The van der Waals surface area contributed by atoms with Crippen LogP contribution in [0.2, 0.25) is 0 Å². The van der Waals surface area contributed by atoms with Crippen molar-refractivity contribution in [2.75, 3.05) is 26.2 Å². The first-order valence-corrected chi connectivity index (χ1v) is 6.60. The maximum absolute atomic E-state index is 12.6. The minimum atomic E-state index is -4.14. The third kappa shape index (κ3) is 3.94. The third-order valence-electron chi connectivity index (χ3n) is 3.51. The first-order chi connectivity index (χ1) is 8.99. The summed E-state index contributed by atoms with van der Waals surface area (Å²) in [6, 6.07) is 7.69. The molecule has 2 nitrogen and oxygen atoms in total. The molecule has 19 heavy (non-hydrogen) atoms. The number of benzene rings is 1. The van der Waals surface area contributed by atoms with E-state index in [2.05, 4.69) is 12.2 Å². The van der Waals surface area contributed by atoms with Crippen LogP contribution in [0.1, 0.15) is 24.1 Å². The van der Waals surface area contributed by atoms with Gasteiger partial charge in [-0.25, -0.2) is 0 Å². The third-order valence-corrected chi connectivity index (χ3v) is 3.51. The maximum Gasteiger partial charge on any atom is 0.401 e. The molecule has 0 spiro atoms. The van der Waals surface area contributed by atoms with Gasteiger partial charge in [-0.15, -0.1) is 0 Å². The Bertz CT molecular complexity index is 400. The highest BCUT2D eigenvalue weighted by Gasteiger charge is 2.35. The Morgan fingerprint density at radius 2 is 1.95 bits per heavy atom. The number of alkyl halides is 3. The Morgan fingerprint density at radius 1 is 1.26 bits per heavy atom. The SMILES string of the molecule is CCc1ccc(C2CNCCN2CC(F)(F)F)cc1. The van der Waals surface area contributed by atoms with Crippen LogP contribution < -0.4 is 5.32 Å². The van der Waals surface area contributed by atoms with E-state index in [-0.39, 0.29) is 6.04 Å². The molecule has 5 heteroatoms. The highest BCUT2D eigenvalue weighted by atomic mass is 19.4. The van der Waals surface area contributed by atoms with Crippen molar-refractivity contribution in [2.24, 2.45) is 0 Å². The van der Waals surface area contributed by atoms with E-state index >= 15 is 0 Å². The molecule has 1 aromatic carbocycles. The van der Waals surface area contributed by atoms with E-state index < -0.39 is 12.7 Å². The van der Waals surface area contributed by atoms with Crippen LogP contribution in [0.25, 0.3) is 0 Å². The highest BCUT2D eigenvalue weighted by molar-refractivity contribution is 5.25. The summed E-state index contributed by atoms with van der Waals surface area (Å²) < 4.78 is 37.8. The van der Waals surface area contributed by atoms with Gasteiger partial charge in [0.05, 0.1) is 6.54 Å². The quantitative estimate of drug-likeness (QED) is 0.910. The molecule has 1 N–H and O–H groups in total. The summed E-state index contributed by atoms with van der Waals surface area (Å²) in [4.78, 5) is 1.51. The Balaban J connectivity index is 2.13. The molecular weight excluding hydrogens is 253 g/mol. The lowest BCUT2D eigenvalue weighted by atomic mass is 10.0. The van der Waals surface area contributed by atoms with E-state index in [0.717, 1.165) is 12.0 Å². The van der Waals surface area contributed by atoms with Gasteiger partial charge >= 0.3 is 6.18 Å². The maximum atomic E-state index is 12.6. The zero-order chi connectivity index (χ0) is 13.9. The van der Waals surface area contributed by atoms with Crippen LogP contribution >= 0.6 is 0 Å². The molecule has 0 saturated carbocycles. The van der Waals surface area contributed by atoms with Crippen molar-refractivity contribution in [3.63, 3.8) is 0 Å². The first-order valence-electron chi connectivity index (χ1n) is 6.60. The number of hydrogen-bond donors (Lipinski definition) is 1. The number of piperazine rings is 1. The molecule has 106 valence electrons. The lowest BCUT2D eigenvalue weighted by Gasteiger charge is -2.36. The van der Waals surface area contributed by atoms with Crippen molar-refractivity contribution in [2.45, 2.75) is 25.6 Å². The molecule has 1 heterocycles. The summed E-state index contributed by atoms with van der Waals surface area (Å²) in [5, 5.41) is 3.17. The average molecular weight is 272 g/mol. The average Bonchev–Trinajstić information content (AvgIpc) is 2.38. The van der Waals surface area contributed by atoms with Crippen molar-refractivity contribution >= 4 is 0 Å². The normalized spacial score (nSPS) is 21.6. The minimum absolute atomic E-state index is 0.193. The van der Waals surface area contributed by atoms with Crippen LogP contribution in [-0.2, 0) is 6.42 Å². The first kappa shape index (κ1) is 14.3. The van der Waals surface area contributed by atoms with Crippen molar-refractivity contribution in [1.29, 1.82) is 0 Å². The molecule has 1 saturated heterocycles. The predicted octanol–water partition coefficient (Wildman–Crippen LogP) is 2.76. The zero-order valence-corrected chi connectivity index (χ0v) is 11.0. The molecule has 1 aliphatic rings. The smallest absolute Gasteiger partial charge is 0.314 e. The highest BCUT2D eigenvalue weighted by Crippen LogP contribution is 2.27. The van der Waals surface area contributed by atoms with Crippen LogP contribution in [0, 0.1) is 0 Å². The fraction of sp³-hybridized carbons (Fsp3) is 0.571. The van der Waals surface area contributed by atoms with E-state index in [0.29, 0.717) is 19.6 Å². The minimum Gasteiger partial charge on any atom is -0.314 e. The summed E-state index contributed by atoms with van der Waals surface area (Å²) in [7, 11) is 0. The summed E-state index contributed by atoms with van der Waals surface area (Å²) in [5.41, 5.74) is 2.16. The number of halogens is 3. The van der Waals surface area contributed by atoms with Gasteiger partial charge < -0.3 is 5.32 Å². The topological polar surface area (TPSA) is 15.3 Å². The largest absolute Gasteiger partial charge is 0.401 e. The molecule has 0 aliphatic carbocycles. The zero-order valence-electron chi connectivity index (χ0n) is 11.0. The molecule has 1 aromatic rings. The predicted molar refractivity (Wildman–Crippen MR) is 69.1 cm³/mol. The fourth-order valence-corrected chi connectivity index (χ4v) is 2.47. The molecule has 0 amide bonds. The van der Waals surface area contributed by atoms with Crippen molar-refractivity contribution < 1.29 is 13.2 Å². The number of rotatable bonds is 3. The van der Waals surface area contributed by atoms with Crippen LogP contribution in [0.5, 0.6) is 0 Å². The standard InChI is InChI=1S/C14H19F3N2/c1-2-11-3-5-12(6-4-11)13-9-18-7-8-19(13)10-14(15,16)17/h3-6,13,18H,2,7-10H2,1H3. The van der Waals surface area contributed by atoms with Crippen LogP contribution in [0.4, 0.5) is 13.2 Å². The van der Waals surface area contributed by atoms with Gasteiger partial charge in [-0.1, -0.05) is 31.2 Å². The molecule has 1 unspecified atom stereocenters. The summed E-state index contributed by atoms with van der Waals surface area (Å²) in [6.07, 6.45) is -3.20. The molecule has 0 bridgehead atoms. The second-order valence-corrected chi connectivity index (χ2v) is 4.90. The molecule has 1 aliphatic heterocycles. The van der Waals surface area contributed by atoms with Gasteiger partial charge in [-0.05, 0) is 17.5 Å². The summed E-state index contributed by atoms with van der Waals surface area (Å²) in [6.45, 7) is 2.84. The van der Waals surface area contributed by atoms with Crippen LogP contribution in [-0.4, -0.2) is 37.3 Å². The van der Waals surface area contributed by atoms with E-state index in [1.54, 1.807) is 0 Å². The van der Waals surface area contributed by atoms with E-state index in [9.17, 15) is 13.2 Å². The van der Waals surface area contributed by atoms with Crippen LogP contribution in [0.3, 0.4) is 0 Å². The molecule has 1 fully saturated rings. The van der Waals surface area contributed by atoms with E-state index in [1.807, 2.05) is 24.3 Å². The molecule has 0 aromatic heterocycles. The molecular formula is C14H19F3N2. The van der Waals surface area contributed by atoms with Gasteiger partial charge in [0.2, 0.25) is 0 Å². The molecule has 0 radical (unpaired) electrons. The van der Waals surface area contributed by atoms with Gasteiger partial charge in [0.15, 0.2) is 0 Å². The van der Waals surface area contributed by atoms with Gasteiger partial charge in [-0.2, -0.15) is 13.2 Å². The van der Waals surface area contributed by atoms with Gasteiger partial charge in [0.25, 0.3) is 0 Å². The van der Waals surface area contributed by atoms with Gasteiger partial charge in [-0.3, -0.25) is 4.90 Å². The number of hydrogen-bond acceptors (Lipinski definition) is 2. The van der Waals surface area contributed by atoms with Crippen LogP contribution in [0.15, 0.2) is 24.3 Å². The van der Waals surface area contributed by atoms with Crippen molar-refractivity contribution in [3.05, 3.63) is 35.4 Å². The van der Waals surface area contributed by atoms with Crippen molar-refractivity contribution in [1.82, 2.24) is 10.2 Å². The number of nitrogens with one attached hydrogen (secondary N) is 1. The lowest BCUT2D eigenvalue weighted by molar-refractivity contribution is -0.152. The summed E-state index contributed by atoms with van der Waals surface area (Å²) >= 11 is 0. The monoisotopic (exact) mass is 272 g/mol. The Morgan fingerprint density at radius 3 is 2.53 bits per heavy atom. The Kier molecular flexibility index (Phi) is 4.47. The fourth-order valence-electron chi connectivity index (χ4n) is 2.47.